The zero-order chi connectivity index (χ0) is 31.7. The van der Waals surface area contributed by atoms with Crippen molar-refractivity contribution in [2.45, 2.75) is 45.1 Å². The number of benzene rings is 4. The van der Waals surface area contributed by atoms with Crippen LogP contribution in [0.4, 0.5) is 10.5 Å². The fraction of sp³-hybridized carbons (Fsp3) is 0.342. The Morgan fingerprint density at radius 2 is 1.43 bits per heavy atom. The lowest BCUT2D eigenvalue weighted by atomic mass is 9.90. The van der Waals surface area contributed by atoms with Gasteiger partial charge in [-0.3, -0.25) is 9.80 Å². The fourth-order valence-electron chi connectivity index (χ4n) is 6.27. The molecule has 3 N–H and O–H groups in total. The third kappa shape index (κ3) is 8.40. The number of urea groups is 1. The quantitative estimate of drug-likeness (QED) is 0.198. The molecule has 4 aromatic carbocycles. The fourth-order valence-corrected chi connectivity index (χ4v) is 6.27. The van der Waals surface area contributed by atoms with Gasteiger partial charge in [-0.15, -0.1) is 0 Å². The van der Waals surface area contributed by atoms with Crippen LogP contribution in [0, 0.1) is 5.92 Å². The van der Waals surface area contributed by atoms with Crippen LogP contribution in [0.25, 0.3) is 0 Å². The number of carbonyl (C=O) groups excluding carboxylic acids is 1. The largest absolute Gasteiger partial charge is 0.392 e. The number of aliphatic hydroxyl groups excluding tert-OH is 1. The molecule has 0 saturated carbocycles. The number of nitrogens with zero attached hydrogens (tertiary/aromatic N) is 2. The van der Waals surface area contributed by atoms with E-state index in [-0.39, 0.29) is 30.8 Å². The molecule has 0 radical (unpaired) electrons. The first-order valence-corrected chi connectivity index (χ1v) is 16.2. The number of nitrogens with one attached hydrogen (secondary N) is 2. The average Bonchev–Trinajstić information content (AvgIpc) is 3.10. The summed E-state index contributed by atoms with van der Waals surface area (Å²) in [6.45, 7) is 8.43. The van der Waals surface area contributed by atoms with Crippen LogP contribution in [-0.2, 0) is 29.2 Å². The summed E-state index contributed by atoms with van der Waals surface area (Å²) in [5.41, 5.74) is 5.83. The van der Waals surface area contributed by atoms with Gasteiger partial charge in [-0.2, -0.15) is 0 Å². The molecule has 2 saturated heterocycles. The van der Waals surface area contributed by atoms with Crippen molar-refractivity contribution < 1.29 is 19.4 Å². The van der Waals surface area contributed by atoms with Gasteiger partial charge in [0.05, 0.1) is 18.8 Å². The molecule has 0 aliphatic carbocycles. The van der Waals surface area contributed by atoms with Crippen molar-refractivity contribution >= 4 is 11.7 Å². The van der Waals surface area contributed by atoms with Crippen LogP contribution in [-0.4, -0.2) is 59.8 Å². The maximum Gasteiger partial charge on any atom is 0.319 e. The van der Waals surface area contributed by atoms with E-state index in [1.165, 1.54) is 5.56 Å². The number of hydrogen-bond donors (Lipinski definition) is 3. The number of piperazine rings is 1. The molecule has 2 fully saturated rings. The lowest BCUT2D eigenvalue weighted by Gasteiger charge is -2.44. The van der Waals surface area contributed by atoms with Crippen LogP contribution in [0.5, 0.6) is 0 Å². The number of anilines is 1. The smallest absolute Gasteiger partial charge is 0.319 e. The average molecular weight is 621 g/mol. The lowest BCUT2D eigenvalue weighted by molar-refractivity contribution is -0.276. The van der Waals surface area contributed by atoms with Gasteiger partial charge in [0.2, 0.25) is 0 Å². The predicted molar refractivity (Wildman–Crippen MR) is 180 cm³/mol. The number of amides is 2. The molecule has 4 aromatic rings. The second-order valence-electron chi connectivity index (χ2n) is 12.3. The molecule has 240 valence electrons. The van der Waals surface area contributed by atoms with Crippen molar-refractivity contribution in [1.29, 1.82) is 0 Å². The van der Waals surface area contributed by atoms with Gasteiger partial charge in [0.1, 0.15) is 0 Å². The van der Waals surface area contributed by atoms with E-state index in [2.05, 4.69) is 57.7 Å². The van der Waals surface area contributed by atoms with Crippen LogP contribution in [0.15, 0.2) is 109 Å². The minimum absolute atomic E-state index is 0.00465. The van der Waals surface area contributed by atoms with Gasteiger partial charge in [0, 0.05) is 63.0 Å². The Morgan fingerprint density at radius 1 is 0.761 bits per heavy atom. The summed E-state index contributed by atoms with van der Waals surface area (Å²) in [6.07, 6.45) is -0.855. The van der Waals surface area contributed by atoms with E-state index in [4.69, 9.17) is 9.47 Å². The van der Waals surface area contributed by atoms with Crippen LogP contribution in [0.1, 0.15) is 47.1 Å². The Kier molecular flexibility index (Phi) is 10.7. The van der Waals surface area contributed by atoms with Crippen molar-refractivity contribution in [2.75, 3.05) is 38.0 Å². The number of carbonyl (C=O) groups is 1. The number of rotatable bonds is 10. The highest BCUT2D eigenvalue weighted by Crippen LogP contribution is 2.42. The van der Waals surface area contributed by atoms with E-state index in [1.807, 2.05) is 78.9 Å². The molecule has 0 aromatic heterocycles. The molecular weight excluding hydrogens is 576 g/mol. The molecule has 0 spiro atoms. The van der Waals surface area contributed by atoms with Crippen molar-refractivity contribution in [3.63, 3.8) is 0 Å². The number of ether oxygens (including phenoxy) is 2. The molecule has 2 aliphatic rings. The van der Waals surface area contributed by atoms with Crippen LogP contribution in [0.3, 0.4) is 0 Å². The van der Waals surface area contributed by atoms with E-state index >= 15 is 0 Å². The summed E-state index contributed by atoms with van der Waals surface area (Å²) >= 11 is 0. The molecule has 0 bridgehead atoms. The first-order valence-electron chi connectivity index (χ1n) is 16.2. The first-order chi connectivity index (χ1) is 22.5. The van der Waals surface area contributed by atoms with Crippen LogP contribution in [0.2, 0.25) is 0 Å². The Balaban J connectivity index is 1.13. The van der Waals surface area contributed by atoms with Crippen molar-refractivity contribution in [1.82, 2.24) is 15.1 Å². The van der Waals surface area contributed by atoms with E-state index in [0.29, 0.717) is 12.2 Å². The minimum atomic E-state index is -0.600. The van der Waals surface area contributed by atoms with Crippen molar-refractivity contribution in [3.8, 4) is 0 Å². The molecule has 4 unspecified atom stereocenters. The standard InChI is InChI=1S/C38H44N4O4/c1-28-35(26-42-21-19-41(20-22-42)25-30-11-6-3-7-12-30)45-37(46-36(28)32-17-15-31(27-43)16-18-32)33-13-8-14-34(23-33)40-38(44)39-24-29-9-4-2-5-10-29/h2-18,23,28,35-37,43H,19-22,24-27H2,1H3,(H2,39,40,44). The van der Waals surface area contributed by atoms with Gasteiger partial charge in [-0.1, -0.05) is 104 Å². The highest BCUT2D eigenvalue weighted by Gasteiger charge is 2.39. The maximum atomic E-state index is 12.7. The number of hydrogen-bond acceptors (Lipinski definition) is 6. The Morgan fingerprint density at radius 3 is 2.13 bits per heavy atom. The molecule has 4 atom stereocenters. The normalized spacial score (nSPS) is 22.3. The van der Waals surface area contributed by atoms with Crippen molar-refractivity contribution in [3.05, 3.63) is 137 Å². The molecule has 2 heterocycles. The third-order valence-corrected chi connectivity index (χ3v) is 8.99. The monoisotopic (exact) mass is 620 g/mol. The zero-order valence-electron chi connectivity index (χ0n) is 26.4. The zero-order valence-corrected chi connectivity index (χ0v) is 26.4. The van der Waals surface area contributed by atoms with Crippen LogP contribution >= 0.6 is 0 Å². The Hall–Kier alpha value is -4.05. The van der Waals surface area contributed by atoms with Gasteiger partial charge in [-0.25, -0.2) is 4.79 Å². The molecule has 8 heteroatoms. The summed E-state index contributed by atoms with van der Waals surface area (Å²) in [5.74, 6) is 0.101. The summed E-state index contributed by atoms with van der Waals surface area (Å²) in [6, 6.07) is 35.9. The van der Waals surface area contributed by atoms with Gasteiger partial charge in [-0.05, 0) is 34.4 Å². The lowest BCUT2D eigenvalue weighted by Crippen LogP contribution is -2.51. The van der Waals surface area contributed by atoms with E-state index in [0.717, 1.165) is 61.5 Å². The van der Waals surface area contributed by atoms with Crippen molar-refractivity contribution in [2.24, 2.45) is 5.92 Å². The molecule has 46 heavy (non-hydrogen) atoms. The molecule has 2 aliphatic heterocycles. The van der Waals surface area contributed by atoms with Gasteiger partial charge < -0.3 is 25.2 Å². The molecule has 2 amide bonds. The second kappa shape index (κ2) is 15.5. The van der Waals surface area contributed by atoms with E-state index in [1.54, 1.807) is 0 Å². The molecule has 8 nitrogen and oxygen atoms in total. The van der Waals surface area contributed by atoms with Gasteiger partial charge in [0.15, 0.2) is 6.29 Å². The molecular formula is C38H44N4O4. The summed E-state index contributed by atoms with van der Waals surface area (Å²) in [7, 11) is 0. The number of aliphatic hydroxyl groups is 1. The topological polar surface area (TPSA) is 86.3 Å². The molecule has 6 rings (SSSR count). The Labute approximate surface area is 272 Å². The second-order valence-corrected chi connectivity index (χ2v) is 12.3. The Bertz CT molecular complexity index is 1530. The van der Waals surface area contributed by atoms with Gasteiger partial charge in [0.25, 0.3) is 0 Å². The summed E-state index contributed by atoms with van der Waals surface area (Å²) in [5, 5.41) is 15.5. The highest BCUT2D eigenvalue weighted by atomic mass is 16.7. The van der Waals surface area contributed by atoms with E-state index < -0.39 is 6.29 Å². The first kappa shape index (κ1) is 31.9. The predicted octanol–water partition coefficient (Wildman–Crippen LogP) is 6.11. The summed E-state index contributed by atoms with van der Waals surface area (Å²) in [4.78, 5) is 17.7. The van der Waals surface area contributed by atoms with Gasteiger partial charge >= 0.3 is 6.03 Å². The van der Waals surface area contributed by atoms with E-state index in [9.17, 15) is 9.90 Å². The maximum absolute atomic E-state index is 12.7. The highest BCUT2D eigenvalue weighted by molar-refractivity contribution is 5.89. The summed E-state index contributed by atoms with van der Waals surface area (Å²) < 4.78 is 13.4. The minimum Gasteiger partial charge on any atom is -0.392 e. The third-order valence-electron chi connectivity index (χ3n) is 8.99. The SMILES string of the molecule is CC1C(CN2CCN(Cc3ccccc3)CC2)OC(c2cccc(NC(=O)NCc3ccccc3)c2)OC1c1ccc(CO)cc1. The van der Waals surface area contributed by atoms with Crippen LogP contribution < -0.4 is 10.6 Å².